The summed E-state index contributed by atoms with van der Waals surface area (Å²) in [5.41, 5.74) is 1.89. The number of hydrogen-bond donors (Lipinski definition) is 0. The van der Waals surface area contributed by atoms with Crippen LogP contribution in [0.5, 0.6) is 0 Å². The van der Waals surface area contributed by atoms with Crippen LogP contribution in [0.25, 0.3) is 11.3 Å². The molecule has 1 aromatic heterocycles. The Morgan fingerprint density at radius 3 is 2.50 bits per heavy atom. The molecule has 24 heavy (non-hydrogen) atoms. The lowest BCUT2D eigenvalue weighted by atomic mass is 10.0. The van der Waals surface area contributed by atoms with Crippen LogP contribution < -0.4 is 4.90 Å². The Balaban J connectivity index is 2.03. The SMILES string of the molecule is Cc1onc(-c2ccccc2Cl)c1C(=O)N(C)c1ccc(F)cc1. The first-order valence-corrected chi connectivity index (χ1v) is 7.61. The van der Waals surface area contributed by atoms with E-state index in [-0.39, 0.29) is 11.7 Å². The molecule has 1 heterocycles. The topological polar surface area (TPSA) is 46.3 Å². The van der Waals surface area contributed by atoms with Gasteiger partial charge in [0.2, 0.25) is 0 Å². The molecule has 0 N–H and O–H groups in total. The van der Waals surface area contributed by atoms with Gasteiger partial charge in [0, 0.05) is 18.3 Å². The number of nitrogens with zero attached hydrogens (tertiary/aromatic N) is 2. The van der Waals surface area contributed by atoms with Crippen molar-refractivity contribution in [1.82, 2.24) is 5.16 Å². The number of hydrogen-bond acceptors (Lipinski definition) is 3. The van der Waals surface area contributed by atoms with Crippen LogP contribution in [-0.2, 0) is 0 Å². The third-order valence-corrected chi connectivity index (χ3v) is 4.05. The van der Waals surface area contributed by atoms with Crippen molar-refractivity contribution < 1.29 is 13.7 Å². The third kappa shape index (κ3) is 2.90. The van der Waals surface area contributed by atoms with E-state index in [1.807, 2.05) is 6.07 Å². The maximum Gasteiger partial charge on any atom is 0.263 e. The average Bonchev–Trinajstić information content (AvgIpc) is 2.96. The summed E-state index contributed by atoms with van der Waals surface area (Å²) in [5.74, 6) is -0.281. The number of carbonyl (C=O) groups is 1. The first kappa shape index (κ1) is 16.2. The van der Waals surface area contributed by atoms with Gasteiger partial charge in [0.15, 0.2) is 0 Å². The van der Waals surface area contributed by atoms with E-state index in [1.54, 1.807) is 32.2 Å². The van der Waals surface area contributed by atoms with Gasteiger partial charge in [-0.1, -0.05) is 35.0 Å². The molecule has 0 spiro atoms. The third-order valence-electron chi connectivity index (χ3n) is 3.72. The van der Waals surface area contributed by atoms with Crippen molar-refractivity contribution in [3.8, 4) is 11.3 Å². The van der Waals surface area contributed by atoms with Crippen molar-refractivity contribution in [1.29, 1.82) is 0 Å². The van der Waals surface area contributed by atoms with E-state index in [1.165, 1.54) is 29.2 Å². The van der Waals surface area contributed by atoms with Crippen molar-refractivity contribution in [2.24, 2.45) is 0 Å². The van der Waals surface area contributed by atoms with Gasteiger partial charge in [0.25, 0.3) is 5.91 Å². The molecule has 3 rings (SSSR count). The fourth-order valence-corrected chi connectivity index (χ4v) is 2.64. The summed E-state index contributed by atoms with van der Waals surface area (Å²) in [6, 6.07) is 12.8. The first-order valence-electron chi connectivity index (χ1n) is 7.24. The molecular weight excluding hydrogens is 331 g/mol. The summed E-state index contributed by atoms with van der Waals surface area (Å²) in [5, 5.41) is 4.47. The number of aromatic nitrogens is 1. The normalized spacial score (nSPS) is 10.7. The van der Waals surface area contributed by atoms with Gasteiger partial charge >= 0.3 is 0 Å². The van der Waals surface area contributed by atoms with Crippen LogP contribution in [-0.4, -0.2) is 18.1 Å². The number of halogens is 2. The molecule has 2 aromatic carbocycles. The van der Waals surface area contributed by atoms with Gasteiger partial charge in [-0.3, -0.25) is 4.79 Å². The highest BCUT2D eigenvalue weighted by Gasteiger charge is 2.26. The molecule has 6 heteroatoms. The Hall–Kier alpha value is -2.66. The molecule has 0 bridgehead atoms. The predicted molar refractivity (Wildman–Crippen MR) is 90.8 cm³/mol. The number of benzene rings is 2. The predicted octanol–water partition coefficient (Wildman–Crippen LogP) is 4.72. The maximum absolute atomic E-state index is 13.1. The van der Waals surface area contributed by atoms with E-state index in [9.17, 15) is 9.18 Å². The quantitative estimate of drug-likeness (QED) is 0.690. The highest BCUT2D eigenvalue weighted by atomic mass is 35.5. The molecule has 0 radical (unpaired) electrons. The van der Waals surface area contributed by atoms with E-state index in [0.29, 0.717) is 33.3 Å². The maximum atomic E-state index is 13.1. The van der Waals surface area contributed by atoms with Crippen LogP contribution in [0.4, 0.5) is 10.1 Å². The molecule has 0 fully saturated rings. The van der Waals surface area contributed by atoms with E-state index >= 15 is 0 Å². The molecule has 0 atom stereocenters. The summed E-state index contributed by atoms with van der Waals surface area (Å²) < 4.78 is 18.3. The minimum Gasteiger partial charge on any atom is -0.360 e. The summed E-state index contributed by atoms with van der Waals surface area (Å²) in [6.07, 6.45) is 0. The molecule has 0 unspecified atom stereocenters. The largest absolute Gasteiger partial charge is 0.360 e. The van der Waals surface area contributed by atoms with E-state index in [4.69, 9.17) is 16.1 Å². The number of carbonyl (C=O) groups excluding carboxylic acids is 1. The van der Waals surface area contributed by atoms with Gasteiger partial charge in [-0.25, -0.2) is 4.39 Å². The molecule has 122 valence electrons. The molecule has 0 aliphatic heterocycles. The van der Waals surface area contributed by atoms with E-state index in [2.05, 4.69) is 5.16 Å². The molecular formula is C18H14ClFN2O2. The highest BCUT2D eigenvalue weighted by Crippen LogP contribution is 2.32. The lowest BCUT2D eigenvalue weighted by Gasteiger charge is -2.17. The lowest BCUT2D eigenvalue weighted by Crippen LogP contribution is -2.27. The van der Waals surface area contributed by atoms with Crippen LogP contribution in [0.1, 0.15) is 16.1 Å². The van der Waals surface area contributed by atoms with Crippen LogP contribution in [0, 0.1) is 12.7 Å². The Labute approximate surface area is 143 Å². The van der Waals surface area contributed by atoms with Crippen LogP contribution in [0.15, 0.2) is 53.1 Å². The van der Waals surface area contributed by atoms with Gasteiger partial charge in [0.05, 0.1) is 5.02 Å². The second-order valence-electron chi connectivity index (χ2n) is 5.28. The lowest BCUT2D eigenvalue weighted by molar-refractivity contribution is 0.0992. The zero-order valence-electron chi connectivity index (χ0n) is 13.1. The van der Waals surface area contributed by atoms with Gasteiger partial charge in [-0.15, -0.1) is 0 Å². The first-order chi connectivity index (χ1) is 11.5. The number of aryl methyl sites for hydroxylation is 1. The van der Waals surface area contributed by atoms with Gasteiger partial charge in [0.1, 0.15) is 22.8 Å². The second kappa shape index (κ2) is 6.45. The second-order valence-corrected chi connectivity index (χ2v) is 5.69. The van der Waals surface area contributed by atoms with Crippen LogP contribution in [0.2, 0.25) is 5.02 Å². The molecule has 3 aromatic rings. The van der Waals surface area contributed by atoms with Crippen molar-refractivity contribution in [2.75, 3.05) is 11.9 Å². The zero-order valence-corrected chi connectivity index (χ0v) is 13.8. The fraction of sp³-hybridized carbons (Fsp3) is 0.111. The fourth-order valence-electron chi connectivity index (χ4n) is 2.41. The van der Waals surface area contributed by atoms with E-state index in [0.717, 1.165) is 0 Å². The minimum absolute atomic E-state index is 0.310. The van der Waals surface area contributed by atoms with Gasteiger partial charge < -0.3 is 9.42 Å². The van der Waals surface area contributed by atoms with Crippen molar-refractivity contribution >= 4 is 23.2 Å². The Kier molecular flexibility index (Phi) is 4.36. The standard InChI is InChI=1S/C18H14ClFN2O2/c1-11-16(17(21-24-11)14-5-3-4-6-15(14)19)18(23)22(2)13-9-7-12(20)8-10-13/h3-10H,1-2H3. The van der Waals surface area contributed by atoms with Gasteiger partial charge in [-0.2, -0.15) is 0 Å². The molecule has 1 amide bonds. The minimum atomic E-state index is -0.363. The van der Waals surface area contributed by atoms with E-state index < -0.39 is 0 Å². The Bertz CT molecular complexity index is 890. The van der Waals surface area contributed by atoms with Crippen LogP contribution in [0.3, 0.4) is 0 Å². The van der Waals surface area contributed by atoms with Gasteiger partial charge in [-0.05, 0) is 37.3 Å². The number of amides is 1. The molecule has 0 saturated heterocycles. The summed E-state index contributed by atoms with van der Waals surface area (Å²) in [7, 11) is 1.61. The number of anilines is 1. The van der Waals surface area contributed by atoms with Crippen molar-refractivity contribution in [2.45, 2.75) is 6.92 Å². The molecule has 0 aliphatic rings. The average molecular weight is 345 g/mol. The summed E-state index contributed by atoms with van der Waals surface area (Å²) in [6.45, 7) is 1.67. The zero-order chi connectivity index (χ0) is 17.3. The van der Waals surface area contributed by atoms with Crippen molar-refractivity contribution in [3.63, 3.8) is 0 Å². The summed E-state index contributed by atoms with van der Waals surface area (Å²) >= 11 is 6.21. The number of rotatable bonds is 3. The molecule has 0 saturated carbocycles. The monoisotopic (exact) mass is 344 g/mol. The highest BCUT2D eigenvalue weighted by molar-refractivity contribution is 6.33. The van der Waals surface area contributed by atoms with Crippen molar-refractivity contribution in [3.05, 3.63) is 70.7 Å². The Morgan fingerprint density at radius 2 is 1.83 bits per heavy atom. The smallest absolute Gasteiger partial charge is 0.263 e. The summed E-state index contributed by atoms with van der Waals surface area (Å²) in [4.78, 5) is 14.3. The molecule has 4 nitrogen and oxygen atoms in total. The van der Waals surface area contributed by atoms with Crippen LogP contribution >= 0.6 is 11.6 Å². The Morgan fingerprint density at radius 1 is 1.17 bits per heavy atom. The molecule has 0 aliphatic carbocycles.